The van der Waals surface area contributed by atoms with Gasteiger partial charge in [-0.05, 0) is 38.0 Å². The van der Waals surface area contributed by atoms with E-state index in [1.807, 2.05) is 50.2 Å². The predicted octanol–water partition coefficient (Wildman–Crippen LogP) is 2.70. The zero-order chi connectivity index (χ0) is 16.5. The second-order valence-corrected chi connectivity index (χ2v) is 5.04. The molecule has 116 valence electrons. The molecule has 0 radical (unpaired) electrons. The molecule has 2 aromatic rings. The first kappa shape index (κ1) is 17.6. The zero-order valence-corrected chi connectivity index (χ0v) is 13.2. The fourth-order valence-corrected chi connectivity index (χ4v) is 2.16. The molecule has 0 atom stereocenters. The summed E-state index contributed by atoms with van der Waals surface area (Å²) in [7, 11) is 0. The van der Waals surface area contributed by atoms with E-state index in [1.165, 1.54) is 5.56 Å². The molecule has 3 N–H and O–H groups in total. The molecule has 0 heterocycles. The fraction of sp³-hybridized carbons (Fsp3) is 0.222. The molecule has 4 heteroatoms. The molecule has 0 aliphatic carbocycles. The Hall–Kier alpha value is -2.46. The summed E-state index contributed by atoms with van der Waals surface area (Å²) in [5, 5.41) is 0. The van der Waals surface area contributed by atoms with E-state index >= 15 is 0 Å². The van der Waals surface area contributed by atoms with Crippen molar-refractivity contribution >= 4 is 12.2 Å². The standard InChI is InChI=1S/C17H18O.CH4N2O/c1-4-14-5-7-15(8-6-14)17(18)16-10-12(2)9-13(3)11-16;2-3-1-4/h5-11H,4H2,1-3H3;1H,2H2,(H,3,4). The molecule has 0 fully saturated rings. The number of aryl methyl sites for hydroxylation is 3. The van der Waals surface area contributed by atoms with Gasteiger partial charge in [0.15, 0.2) is 5.78 Å². The Bertz CT molecular complexity index is 614. The van der Waals surface area contributed by atoms with Gasteiger partial charge in [-0.2, -0.15) is 0 Å². The number of ketones is 1. The quantitative estimate of drug-likeness (QED) is 0.300. The highest BCUT2D eigenvalue weighted by Gasteiger charge is 2.09. The van der Waals surface area contributed by atoms with Crippen LogP contribution in [0, 0.1) is 13.8 Å². The van der Waals surface area contributed by atoms with Crippen LogP contribution in [0.3, 0.4) is 0 Å². The monoisotopic (exact) mass is 298 g/mol. The van der Waals surface area contributed by atoms with Gasteiger partial charge in [-0.15, -0.1) is 0 Å². The second-order valence-electron chi connectivity index (χ2n) is 5.04. The van der Waals surface area contributed by atoms with Gasteiger partial charge in [-0.25, -0.2) is 5.84 Å². The molecule has 0 bridgehead atoms. The third-order valence-electron chi connectivity index (χ3n) is 3.18. The SMILES string of the molecule is CCc1ccc(C(=O)c2cc(C)cc(C)c2)cc1.NNC=O. The lowest BCUT2D eigenvalue weighted by Gasteiger charge is -2.05. The van der Waals surface area contributed by atoms with Crippen LogP contribution in [0.2, 0.25) is 0 Å². The number of carbonyl (C=O) groups is 2. The minimum absolute atomic E-state index is 0.101. The first-order valence-corrected chi connectivity index (χ1v) is 7.13. The summed E-state index contributed by atoms with van der Waals surface area (Å²) >= 11 is 0. The number of nitrogens with two attached hydrogens (primary N) is 1. The van der Waals surface area contributed by atoms with Crippen molar-refractivity contribution in [2.75, 3.05) is 0 Å². The highest BCUT2D eigenvalue weighted by molar-refractivity contribution is 6.09. The molecule has 0 aliphatic rings. The second kappa shape index (κ2) is 8.74. The number of benzene rings is 2. The van der Waals surface area contributed by atoms with E-state index in [0.29, 0.717) is 6.41 Å². The van der Waals surface area contributed by atoms with Crippen molar-refractivity contribution in [2.45, 2.75) is 27.2 Å². The van der Waals surface area contributed by atoms with Crippen LogP contribution in [0.25, 0.3) is 0 Å². The van der Waals surface area contributed by atoms with Crippen LogP contribution in [-0.4, -0.2) is 12.2 Å². The first-order valence-electron chi connectivity index (χ1n) is 7.13. The van der Waals surface area contributed by atoms with Gasteiger partial charge in [-0.1, -0.05) is 48.4 Å². The zero-order valence-electron chi connectivity index (χ0n) is 13.2. The molecule has 0 aliphatic heterocycles. The van der Waals surface area contributed by atoms with E-state index in [1.54, 1.807) is 5.43 Å². The van der Waals surface area contributed by atoms with E-state index in [0.717, 1.165) is 28.7 Å². The van der Waals surface area contributed by atoms with E-state index in [-0.39, 0.29) is 5.78 Å². The van der Waals surface area contributed by atoms with Crippen molar-refractivity contribution in [2.24, 2.45) is 5.84 Å². The fourth-order valence-electron chi connectivity index (χ4n) is 2.16. The first-order chi connectivity index (χ1) is 10.5. The van der Waals surface area contributed by atoms with Gasteiger partial charge in [0.2, 0.25) is 6.41 Å². The van der Waals surface area contributed by atoms with Crippen LogP contribution in [0.1, 0.15) is 39.5 Å². The summed E-state index contributed by atoms with van der Waals surface area (Å²) in [4.78, 5) is 21.3. The highest BCUT2D eigenvalue weighted by Crippen LogP contribution is 2.15. The number of rotatable bonds is 4. The number of hydrogen-bond acceptors (Lipinski definition) is 3. The maximum Gasteiger partial charge on any atom is 0.221 e. The van der Waals surface area contributed by atoms with E-state index in [9.17, 15) is 4.79 Å². The molecule has 2 rings (SSSR count). The molecule has 0 saturated carbocycles. The van der Waals surface area contributed by atoms with Crippen molar-refractivity contribution in [1.29, 1.82) is 0 Å². The molecule has 1 amide bonds. The summed E-state index contributed by atoms with van der Waals surface area (Å²) < 4.78 is 0. The minimum Gasteiger partial charge on any atom is -0.297 e. The van der Waals surface area contributed by atoms with Gasteiger partial charge in [0.05, 0.1) is 0 Å². The summed E-state index contributed by atoms with van der Waals surface area (Å²) in [5.74, 6) is 4.51. The van der Waals surface area contributed by atoms with Gasteiger partial charge < -0.3 is 0 Å². The van der Waals surface area contributed by atoms with Crippen LogP contribution in [-0.2, 0) is 11.2 Å². The molecule has 0 spiro atoms. The third-order valence-corrected chi connectivity index (χ3v) is 3.18. The predicted molar refractivity (Wildman–Crippen MR) is 88.6 cm³/mol. The lowest BCUT2D eigenvalue weighted by molar-refractivity contribution is -0.109. The van der Waals surface area contributed by atoms with Gasteiger partial charge in [0, 0.05) is 11.1 Å². The third kappa shape index (κ3) is 5.14. The van der Waals surface area contributed by atoms with E-state index in [4.69, 9.17) is 4.79 Å². The van der Waals surface area contributed by atoms with Crippen molar-refractivity contribution in [1.82, 2.24) is 5.43 Å². The molecule has 22 heavy (non-hydrogen) atoms. The molecular formula is C18H22N2O2. The van der Waals surface area contributed by atoms with Gasteiger partial charge in [-0.3, -0.25) is 15.0 Å². The Morgan fingerprint density at radius 2 is 1.55 bits per heavy atom. The Labute approximate surface area is 131 Å². The maximum absolute atomic E-state index is 12.4. The van der Waals surface area contributed by atoms with Crippen molar-refractivity contribution in [3.05, 3.63) is 70.3 Å². The average molecular weight is 298 g/mol. The largest absolute Gasteiger partial charge is 0.297 e. The lowest BCUT2D eigenvalue weighted by atomic mass is 9.98. The van der Waals surface area contributed by atoms with Crippen molar-refractivity contribution in [3.63, 3.8) is 0 Å². The molecule has 0 saturated heterocycles. The minimum atomic E-state index is 0.101. The van der Waals surface area contributed by atoms with Crippen LogP contribution >= 0.6 is 0 Å². The maximum atomic E-state index is 12.4. The molecule has 0 unspecified atom stereocenters. The van der Waals surface area contributed by atoms with Crippen LogP contribution in [0.4, 0.5) is 0 Å². The topological polar surface area (TPSA) is 72.2 Å². The van der Waals surface area contributed by atoms with Gasteiger partial charge >= 0.3 is 0 Å². The summed E-state index contributed by atoms with van der Waals surface area (Å²) in [6, 6.07) is 13.9. The smallest absolute Gasteiger partial charge is 0.221 e. The van der Waals surface area contributed by atoms with E-state index in [2.05, 4.69) is 18.8 Å². The van der Waals surface area contributed by atoms with Crippen molar-refractivity contribution < 1.29 is 9.59 Å². The number of carbonyl (C=O) groups excluding carboxylic acids is 2. The Balaban J connectivity index is 0.000000541. The average Bonchev–Trinajstić information content (AvgIpc) is 2.53. The molecular weight excluding hydrogens is 276 g/mol. The van der Waals surface area contributed by atoms with E-state index < -0.39 is 0 Å². The number of hydrogen-bond donors (Lipinski definition) is 2. The summed E-state index contributed by atoms with van der Waals surface area (Å²) in [6.07, 6.45) is 1.40. The van der Waals surface area contributed by atoms with Crippen LogP contribution < -0.4 is 11.3 Å². The van der Waals surface area contributed by atoms with Gasteiger partial charge in [0.1, 0.15) is 0 Å². The number of amides is 1. The normalized spacial score (nSPS) is 9.45. The Morgan fingerprint density at radius 1 is 1.05 bits per heavy atom. The lowest BCUT2D eigenvalue weighted by Crippen LogP contribution is -2.18. The highest BCUT2D eigenvalue weighted by atomic mass is 16.1. The summed E-state index contributed by atoms with van der Waals surface area (Å²) in [6.45, 7) is 6.15. The van der Waals surface area contributed by atoms with Crippen molar-refractivity contribution in [3.8, 4) is 0 Å². The molecule has 0 aromatic heterocycles. The summed E-state index contributed by atoms with van der Waals surface area (Å²) in [5.41, 5.74) is 6.80. The Kier molecular flexibility index (Phi) is 6.99. The van der Waals surface area contributed by atoms with Gasteiger partial charge in [0.25, 0.3) is 0 Å². The number of nitrogens with one attached hydrogen (secondary N) is 1. The Morgan fingerprint density at radius 3 is 1.95 bits per heavy atom. The molecule has 2 aromatic carbocycles. The molecule has 4 nitrogen and oxygen atoms in total. The van der Waals surface area contributed by atoms with Crippen LogP contribution in [0.5, 0.6) is 0 Å². The van der Waals surface area contributed by atoms with Crippen LogP contribution in [0.15, 0.2) is 42.5 Å². The number of hydrazine groups is 1.